The molecule has 0 saturated carbocycles. The molecular formula is C8H9NS2. The van der Waals surface area contributed by atoms with Crippen molar-refractivity contribution in [3.05, 3.63) is 21.9 Å². The van der Waals surface area contributed by atoms with Gasteiger partial charge < -0.3 is 5.32 Å². The lowest BCUT2D eigenvalue weighted by atomic mass is 10.1. The van der Waals surface area contributed by atoms with Gasteiger partial charge >= 0.3 is 0 Å². The Labute approximate surface area is 75.4 Å². The molecule has 1 aliphatic heterocycles. The Kier molecular flexibility index (Phi) is 1.92. The number of hydrogen-bond acceptors (Lipinski definition) is 2. The van der Waals surface area contributed by atoms with Gasteiger partial charge in [0.1, 0.15) is 4.99 Å². The van der Waals surface area contributed by atoms with Crippen LogP contribution in [0.15, 0.2) is 10.8 Å². The third kappa shape index (κ3) is 1.30. The molecule has 1 aliphatic rings. The molecule has 1 N–H and O–H groups in total. The van der Waals surface area contributed by atoms with Gasteiger partial charge in [0.25, 0.3) is 0 Å². The summed E-state index contributed by atoms with van der Waals surface area (Å²) >= 11 is 6.94. The lowest BCUT2D eigenvalue weighted by molar-refractivity contribution is 0.795. The smallest absolute Gasteiger partial charge is 0.107 e. The summed E-state index contributed by atoms with van der Waals surface area (Å²) in [6.45, 7) is 1.03. The van der Waals surface area contributed by atoms with Crippen LogP contribution in [0.2, 0.25) is 0 Å². The van der Waals surface area contributed by atoms with Gasteiger partial charge in [-0.25, -0.2) is 0 Å². The summed E-state index contributed by atoms with van der Waals surface area (Å²) in [6, 6.07) is 0. The highest BCUT2D eigenvalue weighted by Crippen LogP contribution is 2.19. The number of thiophene rings is 1. The van der Waals surface area contributed by atoms with Crippen LogP contribution >= 0.6 is 23.6 Å². The van der Waals surface area contributed by atoms with Crippen molar-refractivity contribution < 1.29 is 0 Å². The van der Waals surface area contributed by atoms with Crippen molar-refractivity contribution in [2.24, 2.45) is 0 Å². The molecule has 1 aromatic heterocycles. The second-order valence-corrected chi connectivity index (χ2v) is 3.82. The number of nitrogens with one attached hydrogen (secondary N) is 1. The second kappa shape index (κ2) is 2.91. The molecule has 0 fully saturated rings. The molecule has 0 bridgehead atoms. The molecule has 0 atom stereocenters. The molecule has 2 rings (SSSR count). The minimum atomic E-state index is 0.929. The molecule has 2 heterocycles. The highest BCUT2D eigenvalue weighted by Gasteiger charge is 2.11. The monoisotopic (exact) mass is 183 g/mol. The van der Waals surface area contributed by atoms with Gasteiger partial charge in [-0.15, -0.1) is 0 Å². The van der Waals surface area contributed by atoms with Crippen molar-refractivity contribution in [3.8, 4) is 0 Å². The maximum atomic E-state index is 5.20. The fourth-order valence-electron chi connectivity index (χ4n) is 1.29. The van der Waals surface area contributed by atoms with E-state index >= 15 is 0 Å². The Bertz CT molecular complexity index is 277. The summed E-state index contributed by atoms with van der Waals surface area (Å²) in [6.07, 6.45) is 2.37. The summed E-state index contributed by atoms with van der Waals surface area (Å²) < 4.78 is 0. The van der Waals surface area contributed by atoms with Gasteiger partial charge in [0, 0.05) is 17.5 Å². The van der Waals surface area contributed by atoms with Crippen molar-refractivity contribution in [2.45, 2.75) is 12.8 Å². The molecule has 1 nitrogen and oxygen atoms in total. The van der Waals surface area contributed by atoms with Crippen molar-refractivity contribution >= 4 is 28.5 Å². The second-order valence-electron chi connectivity index (χ2n) is 2.67. The Balaban J connectivity index is 2.41. The fourth-order valence-corrected chi connectivity index (χ4v) is 2.54. The minimum absolute atomic E-state index is 0.929. The molecule has 0 unspecified atom stereocenters. The van der Waals surface area contributed by atoms with Gasteiger partial charge in [0.2, 0.25) is 0 Å². The van der Waals surface area contributed by atoms with Gasteiger partial charge in [-0.1, -0.05) is 12.2 Å². The maximum Gasteiger partial charge on any atom is 0.107 e. The molecule has 0 saturated heterocycles. The highest BCUT2D eigenvalue weighted by molar-refractivity contribution is 7.80. The average Bonchev–Trinajstić information content (AvgIpc) is 2.40. The number of thiocarbonyl (C=S) groups is 1. The van der Waals surface area contributed by atoms with Crippen LogP contribution in [-0.2, 0) is 6.42 Å². The van der Waals surface area contributed by atoms with E-state index in [-0.39, 0.29) is 0 Å². The van der Waals surface area contributed by atoms with Crippen LogP contribution in [0.1, 0.15) is 17.5 Å². The molecule has 0 aromatic carbocycles. The van der Waals surface area contributed by atoms with Crippen LogP contribution in [0.5, 0.6) is 0 Å². The van der Waals surface area contributed by atoms with Crippen LogP contribution in [0, 0.1) is 0 Å². The van der Waals surface area contributed by atoms with Gasteiger partial charge in [-0.05, 0) is 23.8 Å². The lowest BCUT2D eigenvalue weighted by Gasteiger charge is -2.00. The zero-order valence-corrected chi connectivity index (χ0v) is 7.73. The number of rotatable bonds is 0. The molecule has 1 aromatic rings. The van der Waals surface area contributed by atoms with Crippen LogP contribution in [0.3, 0.4) is 0 Å². The first-order chi connectivity index (χ1) is 5.38. The summed E-state index contributed by atoms with van der Waals surface area (Å²) in [5.74, 6) is 0. The van der Waals surface area contributed by atoms with Crippen molar-refractivity contribution in [2.75, 3.05) is 6.54 Å². The predicted octanol–water partition coefficient (Wildman–Crippen LogP) is 1.96. The SMILES string of the molecule is S=C1NCCCc2cscc21. The van der Waals surface area contributed by atoms with E-state index in [1.54, 1.807) is 11.3 Å². The number of fused-ring (bicyclic) bond motifs is 1. The van der Waals surface area contributed by atoms with Gasteiger partial charge in [0.15, 0.2) is 0 Å². The summed E-state index contributed by atoms with van der Waals surface area (Å²) in [7, 11) is 0. The molecule has 58 valence electrons. The van der Waals surface area contributed by atoms with Crippen molar-refractivity contribution in [1.29, 1.82) is 0 Å². The first-order valence-electron chi connectivity index (χ1n) is 3.71. The summed E-state index contributed by atoms with van der Waals surface area (Å²) in [4.78, 5) is 0.929. The van der Waals surface area contributed by atoms with Crippen LogP contribution in [-0.4, -0.2) is 11.5 Å². The topological polar surface area (TPSA) is 12.0 Å². The van der Waals surface area contributed by atoms with E-state index in [4.69, 9.17) is 12.2 Å². The lowest BCUT2D eigenvalue weighted by Crippen LogP contribution is -2.20. The van der Waals surface area contributed by atoms with Crippen LogP contribution in [0.25, 0.3) is 0 Å². The molecular weight excluding hydrogens is 174 g/mol. The highest BCUT2D eigenvalue weighted by atomic mass is 32.1. The third-order valence-corrected chi connectivity index (χ3v) is 3.05. The van der Waals surface area contributed by atoms with E-state index in [1.807, 2.05) is 0 Å². The first kappa shape index (κ1) is 7.25. The maximum absolute atomic E-state index is 5.20. The number of hydrogen-bond donors (Lipinski definition) is 1. The van der Waals surface area contributed by atoms with E-state index < -0.39 is 0 Å². The zero-order valence-electron chi connectivity index (χ0n) is 6.09. The number of aryl methyl sites for hydroxylation is 1. The molecule has 11 heavy (non-hydrogen) atoms. The van der Waals surface area contributed by atoms with E-state index in [0.29, 0.717) is 0 Å². The van der Waals surface area contributed by atoms with Gasteiger partial charge in [-0.2, -0.15) is 11.3 Å². The standard InChI is InChI=1S/C8H9NS2/c10-8-7-5-11-4-6(7)2-1-3-9-8/h4-5H,1-3H2,(H,9,10). The first-order valence-corrected chi connectivity index (χ1v) is 5.06. The van der Waals surface area contributed by atoms with Crippen molar-refractivity contribution in [3.63, 3.8) is 0 Å². The fraction of sp³-hybridized carbons (Fsp3) is 0.375. The Hall–Kier alpha value is -0.410. The Morgan fingerprint density at radius 3 is 3.27 bits per heavy atom. The predicted molar refractivity (Wildman–Crippen MR) is 52.3 cm³/mol. The zero-order chi connectivity index (χ0) is 7.68. The Morgan fingerprint density at radius 2 is 2.36 bits per heavy atom. The van der Waals surface area contributed by atoms with Crippen LogP contribution < -0.4 is 5.32 Å². The molecule has 0 aliphatic carbocycles. The molecule has 0 spiro atoms. The normalized spacial score (nSPS) is 16.9. The van der Waals surface area contributed by atoms with Crippen LogP contribution in [0.4, 0.5) is 0 Å². The largest absolute Gasteiger partial charge is 0.376 e. The van der Waals surface area contributed by atoms with E-state index in [0.717, 1.165) is 11.5 Å². The third-order valence-electron chi connectivity index (χ3n) is 1.90. The summed E-state index contributed by atoms with van der Waals surface area (Å²) in [5.41, 5.74) is 2.67. The van der Waals surface area contributed by atoms with Gasteiger partial charge in [0.05, 0.1) is 0 Å². The van der Waals surface area contributed by atoms with Gasteiger partial charge in [-0.3, -0.25) is 0 Å². The van der Waals surface area contributed by atoms with E-state index in [9.17, 15) is 0 Å². The quantitative estimate of drug-likeness (QED) is 0.617. The average molecular weight is 183 g/mol. The minimum Gasteiger partial charge on any atom is -0.376 e. The van der Waals surface area contributed by atoms with Crippen molar-refractivity contribution in [1.82, 2.24) is 5.32 Å². The molecule has 0 radical (unpaired) electrons. The van der Waals surface area contributed by atoms with E-state index in [1.165, 1.54) is 24.0 Å². The molecule has 0 amide bonds. The summed E-state index contributed by atoms with van der Waals surface area (Å²) in [5, 5.41) is 7.56. The van der Waals surface area contributed by atoms with E-state index in [2.05, 4.69) is 16.1 Å². The molecule has 3 heteroatoms. The Morgan fingerprint density at radius 1 is 1.45 bits per heavy atom.